The Morgan fingerprint density at radius 1 is 1.10 bits per heavy atom. The second kappa shape index (κ2) is 6.92. The third-order valence-electron chi connectivity index (χ3n) is 3.44. The molecule has 2 aromatic carbocycles. The Bertz CT molecular complexity index is 603. The summed E-state index contributed by atoms with van der Waals surface area (Å²) in [5.74, 6) is 0.691. The highest BCUT2D eigenvalue weighted by molar-refractivity contribution is 9.10. The van der Waals surface area contributed by atoms with Gasteiger partial charge in [-0.3, -0.25) is 10.3 Å². The molecule has 2 aromatic rings. The second-order valence-electron chi connectivity index (χ2n) is 5.30. The van der Waals surface area contributed by atoms with Crippen LogP contribution < -0.4 is 5.48 Å². The van der Waals surface area contributed by atoms with Crippen LogP contribution >= 0.6 is 15.9 Å². The van der Waals surface area contributed by atoms with E-state index in [0.29, 0.717) is 12.5 Å². The van der Waals surface area contributed by atoms with Crippen LogP contribution in [0.15, 0.2) is 65.1 Å². The Morgan fingerprint density at radius 2 is 1.81 bits per heavy atom. The lowest BCUT2D eigenvalue weighted by molar-refractivity contribution is 0.0644. The maximum Gasteiger partial charge on any atom is 0.0996 e. The van der Waals surface area contributed by atoms with E-state index >= 15 is 0 Å². The number of rotatable bonds is 6. The van der Waals surface area contributed by atoms with Gasteiger partial charge >= 0.3 is 0 Å². The molecular weight excluding hydrogens is 326 g/mol. The molecule has 0 amide bonds. The average Bonchev–Trinajstić information content (AvgIpc) is 3.32. The number of hydrogen-bond donors (Lipinski definition) is 1. The van der Waals surface area contributed by atoms with E-state index in [1.54, 1.807) is 0 Å². The van der Waals surface area contributed by atoms with Crippen LogP contribution in [0.4, 0.5) is 0 Å². The van der Waals surface area contributed by atoms with Crippen molar-refractivity contribution in [1.29, 1.82) is 0 Å². The third-order valence-corrected chi connectivity index (χ3v) is 3.97. The lowest BCUT2D eigenvalue weighted by atomic mass is 10.1. The number of halogens is 1. The summed E-state index contributed by atoms with van der Waals surface area (Å²) in [5.41, 5.74) is 6.49. The van der Waals surface area contributed by atoms with E-state index in [-0.39, 0.29) is 0 Å². The van der Waals surface area contributed by atoms with Gasteiger partial charge in [0.15, 0.2) is 0 Å². The van der Waals surface area contributed by atoms with E-state index in [1.165, 1.54) is 12.8 Å². The molecule has 108 valence electrons. The Morgan fingerprint density at radius 3 is 2.48 bits per heavy atom. The molecule has 1 saturated carbocycles. The zero-order valence-electron chi connectivity index (χ0n) is 11.8. The normalized spacial score (nSPS) is 15.0. The molecule has 0 radical (unpaired) electrons. The van der Waals surface area contributed by atoms with Crippen LogP contribution in [-0.4, -0.2) is 0 Å². The monoisotopic (exact) mass is 343 g/mol. The Labute approximate surface area is 133 Å². The van der Waals surface area contributed by atoms with Gasteiger partial charge < -0.3 is 0 Å². The first kappa shape index (κ1) is 14.4. The van der Waals surface area contributed by atoms with E-state index in [4.69, 9.17) is 4.84 Å². The fourth-order valence-corrected chi connectivity index (χ4v) is 2.35. The van der Waals surface area contributed by atoms with Crippen molar-refractivity contribution in [3.63, 3.8) is 0 Å². The predicted molar refractivity (Wildman–Crippen MR) is 89.2 cm³/mol. The molecular formula is C18H18BrNO. The maximum atomic E-state index is 5.67. The lowest BCUT2D eigenvalue weighted by Gasteiger charge is -2.12. The summed E-state index contributed by atoms with van der Waals surface area (Å²) < 4.78 is 1.09. The molecule has 21 heavy (non-hydrogen) atoms. The minimum atomic E-state index is 0.555. The zero-order chi connectivity index (χ0) is 14.5. The van der Waals surface area contributed by atoms with Crippen LogP contribution in [0.1, 0.15) is 24.0 Å². The fraction of sp³-hybridized carbons (Fsp3) is 0.222. The van der Waals surface area contributed by atoms with E-state index in [9.17, 15) is 0 Å². The lowest BCUT2D eigenvalue weighted by Crippen LogP contribution is -2.13. The smallest absolute Gasteiger partial charge is 0.0996 e. The van der Waals surface area contributed by atoms with Gasteiger partial charge in [-0.15, -0.1) is 0 Å². The Balaban J connectivity index is 1.64. The molecule has 2 nitrogen and oxygen atoms in total. The van der Waals surface area contributed by atoms with Crippen molar-refractivity contribution < 1.29 is 4.84 Å². The third kappa shape index (κ3) is 4.45. The van der Waals surface area contributed by atoms with Gasteiger partial charge in [-0.25, -0.2) is 0 Å². The van der Waals surface area contributed by atoms with Crippen LogP contribution in [0.3, 0.4) is 0 Å². The van der Waals surface area contributed by atoms with E-state index in [0.717, 1.165) is 21.3 Å². The van der Waals surface area contributed by atoms with Gasteiger partial charge in [-0.05, 0) is 42.0 Å². The molecule has 0 saturated heterocycles. The highest BCUT2D eigenvalue weighted by Crippen LogP contribution is 2.33. The summed E-state index contributed by atoms with van der Waals surface area (Å²) in [5, 5.41) is 0. The first-order valence-corrected chi connectivity index (χ1v) is 8.00. The zero-order valence-corrected chi connectivity index (χ0v) is 13.3. The number of allylic oxidation sites excluding steroid dienone is 1. The SMILES string of the molecule is Brc1ccc(C(=CC2CC2)NOCc2ccccc2)cc1. The van der Waals surface area contributed by atoms with Gasteiger partial charge in [0.2, 0.25) is 0 Å². The van der Waals surface area contributed by atoms with Gasteiger partial charge in [-0.1, -0.05) is 64.5 Å². The fourth-order valence-electron chi connectivity index (χ4n) is 2.09. The molecule has 0 bridgehead atoms. The molecule has 3 heteroatoms. The molecule has 3 rings (SSSR count). The van der Waals surface area contributed by atoms with Crippen LogP contribution in [0.5, 0.6) is 0 Å². The Hall–Kier alpha value is -1.58. The Kier molecular flexibility index (Phi) is 4.73. The number of hydroxylamine groups is 1. The van der Waals surface area contributed by atoms with Crippen molar-refractivity contribution in [3.05, 3.63) is 76.3 Å². The molecule has 1 aliphatic rings. The quantitative estimate of drug-likeness (QED) is 0.751. The molecule has 1 aliphatic carbocycles. The number of nitrogens with one attached hydrogen (secondary N) is 1. The largest absolute Gasteiger partial charge is 0.271 e. The molecule has 1 N–H and O–H groups in total. The summed E-state index contributed by atoms with van der Waals surface area (Å²) in [6, 6.07) is 18.5. The summed E-state index contributed by atoms with van der Waals surface area (Å²) >= 11 is 3.47. The molecule has 0 aromatic heterocycles. The highest BCUT2D eigenvalue weighted by atomic mass is 79.9. The summed E-state index contributed by atoms with van der Waals surface area (Å²) in [6.07, 6.45) is 4.83. The van der Waals surface area contributed by atoms with Crippen LogP contribution in [0, 0.1) is 5.92 Å². The summed E-state index contributed by atoms with van der Waals surface area (Å²) in [7, 11) is 0. The van der Waals surface area contributed by atoms with E-state index in [2.05, 4.69) is 63.9 Å². The molecule has 0 unspecified atom stereocenters. The second-order valence-corrected chi connectivity index (χ2v) is 6.22. The van der Waals surface area contributed by atoms with Crippen molar-refractivity contribution in [2.24, 2.45) is 5.92 Å². The standard InChI is InChI=1S/C18H18BrNO/c19-17-10-8-16(9-11-17)18(12-14-6-7-14)20-21-13-15-4-2-1-3-5-15/h1-5,8-12,14,20H,6-7,13H2. The van der Waals surface area contributed by atoms with Crippen molar-refractivity contribution in [3.8, 4) is 0 Å². The minimum absolute atomic E-state index is 0.555. The van der Waals surface area contributed by atoms with Crippen LogP contribution in [0.25, 0.3) is 5.70 Å². The van der Waals surface area contributed by atoms with Crippen LogP contribution in [0.2, 0.25) is 0 Å². The molecule has 1 fully saturated rings. The van der Waals surface area contributed by atoms with Crippen molar-refractivity contribution >= 4 is 21.6 Å². The topological polar surface area (TPSA) is 21.3 Å². The maximum absolute atomic E-state index is 5.67. The van der Waals surface area contributed by atoms with Gasteiger partial charge in [-0.2, -0.15) is 0 Å². The van der Waals surface area contributed by atoms with E-state index < -0.39 is 0 Å². The molecule has 0 spiro atoms. The van der Waals surface area contributed by atoms with Gasteiger partial charge in [0, 0.05) is 4.47 Å². The van der Waals surface area contributed by atoms with Crippen LogP contribution in [-0.2, 0) is 11.4 Å². The molecule has 0 aliphatic heterocycles. The summed E-state index contributed by atoms with van der Waals surface area (Å²) in [4.78, 5) is 5.67. The first-order chi connectivity index (χ1) is 10.3. The van der Waals surface area contributed by atoms with Crippen molar-refractivity contribution in [1.82, 2.24) is 5.48 Å². The van der Waals surface area contributed by atoms with E-state index in [1.807, 2.05) is 18.2 Å². The highest BCUT2D eigenvalue weighted by Gasteiger charge is 2.20. The molecule has 0 heterocycles. The predicted octanol–water partition coefficient (Wildman–Crippen LogP) is 4.92. The van der Waals surface area contributed by atoms with Gasteiger partial charge in [0.1, 0.15) is 0 Å². The molecule has 0 atom stereocenters. The van der Waals surface area contributed by atoms with Crippen molar-refractivity contribution in [2.45, 2.75) is 19.4 Å². The first-order valence-electron chi connectivity index (χ1n) is 7.21. The average molecular weight is 344 g/mol. The van der Waals surface area contributed by atoms with Gasteiger partial charge in [0.25, 0.3) is 0 Å². The van der Waals surface area contributed by atoms with Crippen molar-refractivity contribution in [2.75, 3.05) is 0 Å². The van der Waals surface area contributed by atoms with Gasteiger partial charge in [0.05, 0.1) is 12.3 Å². The number of benzene rings is 2. The minimum Gasteiger partial charge on any atom is -0.271 e. The number of hydrogen-bond acceptors (Lipinski definition) is 2. The summed E-state index contributed by atoms with van der Waals surface area (Å²) in [6.45, 7) is 0.555.